The molecule has 0 aliphatic carbocycles. The van der Waals surface area contributed by atoms with Crippen LogP contribution < -0.4 is 20.1 Å². The first-order valence-electron chi connectivity index (χ1n) is 10.8. The molecule has 0 bridgehead atoms. The van der Waals surface area contributed by atoms with Crippen LogP contribution in [0.25, 0.3) is 0 Å². The maximum atomic E-state index is 12.4. The van der Waals surface area contributed by atoms with Crippen molar-refractivity contribution in [2.45, 2.75) is 45.6 Å². The van der Waals surface area contributed by atoms with E-state index in [1.54, 1.807) is 36.4 Å². The van der Waals surface area contributed by atoms with Crippen LogP contribution in [0.1, 0.15) is 49.9 Å². The normalized spacial score (nSPS) is 11.7. The number of hydrogen-bond donors (Lipinski definition) is 3. The zero-order chi connectivity index (χ0) is 21.6. The van der Waals surface area contributed by atoms with Crippen molar-refractivity contribution in [3.63, 3.8) is 0 Å². The fourth-order valence-corrected chi connectivity index (χ4v) is 2.78. The van der Waals surface area contributed by atoms with Crippen LogP contribution in [0.3, 0.4) is 0 Å². The van der Waals surface area contributed by atoms with Gasteiger partial charge >= 0.3 is 0 Å². The average Bonchev–Trinajstić information content (AvgIpc) is 2.77. The Kier molecular flexibility index (Phi) is 10.8. The first-order chi connectivity index (χ1) is 14.6. The summed E-state index contributed by atoms with van der Waals surface area (Å²) in [6.45, 7) is 6.53. The number of hydrogen-bond acceptors (Lipinski definition) is 5. The molecule has 164 valence electrons. The zero-order valence-corrected chi connectivity index (χ0v) is 18.0. The molecule has 30 heavy (non-hydrogen) atoms. The summed E-state index contributed by atoms with van der Waals surface area (Å²) in [5, 5.41) is 15.9. The van der Waals surface area contributed by atoms with Gasteiger partial charge < -0.3 is 25.2 Å². The van der Waals surface area contributed by atoms with Crippen molar-refractivity contribution in [3.8, 4) is 11.5 Å². The Morgan fingerprint density at radius 2 is 1.60 bits per heavy atom. The summed E-state index contributed by atoms with van der Waals surface area (Å²) in [6, 6.07) is 14.3. The molecule has 0 saturated carbocycles. The van der Waals surface area contributed by atoms with E-state index in [9.17, 15) is 9.90 Å². The molecular formula is C24H34N2O4. The van der Waals surface area contributed by atoms with Crippen LogP contribution in [0.5, 0.6) is 11.5 Å². The van der Waals surface area contributed by atoms with E-state index in [1.807, 2.05) is 12.1 Å². The van der Waals surface area contributed by atoms with E-state index in [0.29, 0.717) is 30.2 Å². The van der Waals surface area contributed by atoms with Crippen LogP contribution in [0.15, 0.2) is 48.5 Å². The van der Waals surface area contributed by atoms with Crippen LogP contribution in [-0.4, -0.2) is 43.4 Å². The summed E-state index contributed by atoms with van der Waals surface area (Å²) in [6.07, 6.45) is 3.81. The molecule has 0 fully saturated rings. The summed E-state index contributed by atoms with van der Waals surface area (Å²) >= 11 is 0. The molecule has 0 aromatic heterocycles. The Bertz CT molecular complexity index is 732. The predicted octanol–water partition coefficient (Wildman–Crippen LogP) is 4.25. The SMILES string of the molecule is CCCCCOc1ccc(C(=O)Nc2ccc(OCC(O)CNCCC)cc2)cc1. The molecule has 6 heteroatoms. The van der Waals surface area contributed by atoms with Gasteiger partial charge in [0.25, 0.3) is 5.91 Å². The first-order valence-corrected chi connectivity index (χ1v) is 10.8. The minimum absolute atomic E-state index is 0.182. The number of ether oxygens (including phenoxy) is 2. The van der Waals surface area contributed by atoms with Gasteiger partial charge in [0.1, 0.15) is 24.2 Å². The lowest BCUT2D eigenvalue weighted by atomic mass is 10.2. The molecule has 0 aliphatic rings. The van der Waals surface area contributed by atoms with E-state index in [1.165, 1.54) is 0 Å². The van der Waals surface area contributed by atoms with Crippen LogP contribution in [-0.2, 0) is 0 Å². The monoisotopic (exact) mass is 414 g/mol. The average molecular weight is 415 g/mol. The van der Waals surface area contributed by atoms with Crippen molar-refractivity contribution >= 4 is 11.6 Å². The fourth-order valence-electron chi connectivity index (χ4n) is 2.78. The second kappa shape index (κ2) is 13.6. The van der Waals surface area contributed by atoms with E-state index in [0.717, 1.165) is 38.0 Å². The van der Waals surface area contributed by atoms with Gasteiger partial charge in [-0.3, -0.25) is 4.79 Å². The lowest BCUT2D eigenvalue weighted by molar-refractivity contribution is 0.102. The van der Waals surface area contributed by atoms with Gasteiger partial charge in [0.2, 0.25) is 0 Å². The molecule has 2 rings (SSSR count). The highest BCUT2D eigenvalue weighted by atomic mass is 16.5. The molecule has 1 unspecified atom stereocenters. The second-order valence-electron chi connectivity index (χ2n) is 7.23. The fraction of sp³-hybridized carbons (Fsp3) is 0.458. The molecule has 0 heterocycles. The van der Waals surface area contributed by atoms with Gasteiger partial charge in [-0.25, -0.2) is 0 Å². The third-order valence-electron chi connectivity index (χ3n) is 4.49. The van der Waals surface area contributed by atoms with Crippen molar-refractivity contribution < 1.29 is 19.4 Å². The summed E-state index contributed by atoms with van der Waals surface area (Å²) in [5.74, 6) is 1.24. The molecule has 2 aromatic rings. The van der Waals surface area contributed by atoms with Crippen LogP contribution in [0.2, 0.25) is 0 Å². The van der Waals surface area contributed by atoms with E-state index >= 15 is 0 Å². The molecule has 1 amide bonds. The highest BCUT2D eigenvalue weighted by Crippen LogP contribution is 2.18. The number of amides is 1. The lowest BCUT2D eigenvalue weighted by Crippen LogP contribution is -2.31. The van der Waals surface area contributed by atoms with E-state index in [2.05, 4.69) is 24.5 Å². The van der Waals surface area contributed by atoms with Gasteiger partial charge in [-0.05, 0) is 67.9 Å². The molecular weight excluding hydrogens is 380 g/mol. The van der Waals surface area contributed by atoms with E-state index in [-0.39, 0.29) is 12.5 Å². The minimum Gasteiger partial charge on any atom is -0.494 e. The molecule has 0 spiro atoms. The minimum atomic E-state index is -0.561. The largest absolute Gasteiger partial charge is 0.494 e. The third-order valence-corrected chi connectivity index (χ3v) is 4.49. The molecule has 6 nitrogen and oxygen atoms in total. The van der Waals surface area contributed by atoms with Gasteiger partial charge in [-0.1, -0.05) is 26.7 Å². The number of unbranched alkanes of at least 4 members (excludes halogenated alkanes) is 2. The predicted molar refractivity (Wildman–Crippen MR) is 121 cm³/mol. The Labute approximate surface area is 179 Å². The van der Waals surface area contributed by atoms with Crippen molar-refractivity contribution in [1.29, 1.82) is 0 Å². The second-order valence-corrected chi connectivity index (χ2v) is 7.23. The number of carbonyl (C=O) groups is 1. The van der Waals surface area contributed by atoms with Crippen molar-refractivity contribution in [2.24, 2.45) is 0 Å². The van der Waals surface area contributed by atoms with Gasteiger partial charge in [0.05, 0.1) is 6.61 Å². The Hall–Kier alpha value is -2.57. The highest BCUT2D eigenvalue weighted by Gasteiger charge is 2.08. The van der Waals surface area contributed by atoms with Crippen molar-refractivity contribution in [1.82, 2.24) is 5.32 Å². The summed E-state index contributed by atoms with van der Waals surface area (Å²) in [4.78, 5) is 12.4. The molecule has 0 saturated heterocycles. The number of benzene rings is 2. The Morgan fingerprint density at radius 1 is 0.933 bits per heavy atom. The summed E-state index contributed by atoms with van der Waals surface area (Å²) < 4.78 is 11.3. The van der Waals surface area contributed by atoms with E-state index < -0.39 is 6.10 Å². The molecule has 0 radical (unpaired) electrons. The van der Waals surface area contributed by atoms with Crippen LogP contribution in [0, 0.1) is 0 Å². The number of anilines is 1. The summed E-state index contributed by atoms with van der Waals surface area (Å²) in [5.41, 5.74) is 1.25. The van der Waals surface area contributed by atoms with Crippen LogP contribution in [0.4, 0.5) is 5.69 Å². The van der Waals surface area contributed by atoms with Gasteiger partial charge in [0, 0.05) is 17.8 Å². The standard InChI is InChI=1S/C24H34N2O4/c1-3-5-6-16-29-22-11-7-19(8-12-22)24(28)26-20-9-13-23(14-10-20)30-18-21(27)17-25-15-4-2/h7-14,21,25,27H,3-6,15-18H2,1-2H3,(H,26,28). The van der Waals surface area contributed by atoms with Crippen LogP contribution >= 0.6 is 0 Å². The van der Waals surface area contributed by atoms with Crippen molar-refractivity contribution in [2.75, 3.05) is 31.6 Å². The Morgan fingerprint density at radius 3 is 2.27 bits per heavy atom. The number of rotatable bonds is 14. The number of aliphatic hydroxyl groups excluding tert-OH is 1. The van der Waals surface area contributed by atoms with Crippen molar-refractivity contribution in [3.05, 3.63) is 54.1 Å². The number of aliphatic hydroxyl groups is 1. The molecule has 3 N–H and O–H groups in total. The van der Waals surface area contributed by atoms with Gasteiger partial charge in [-0.15, -0.1) is 0 Å². The van der Waals surface area contributed by atoms with E-state index in [4.69, 9.17) is 9.47 Å². The van der Waals surface area contributed by atoms with Gasteiger partial charge in [-0.2, -0.15) is 0 Å². The topological polar surface area (TPSA) is 79.8 Å². The Balaban J connectivity index is 1.77. The molecule has 2 aromatic carbocycles. The molecule has 0 aliphatic heterocycles. The highest BCUT2D eigenvalue weighted by molar-refractivity contribution is 6.04. The first kappa shape index (κ1) is 23.7. The third kappa shape index (κ3) is 8.84. The maximum absolute atomic E-state index is 12.4. The lowest BCUT2D eigenvalue weighted by Gasteiger charge is -2.13. The van der Waals surface area contributed by atoms with Gasteiger partial charge in [0.15, 0.2) is 0 Å². The maximum Gasteiger partial charge on any atom is 0.255 e. The summed E-state index contributed by atoms with van der Waals surface area (Å²) in [7, 11) is 0. The molecule has 1 atom stereocenters. The quantitative estimate of drug-likeness (QED) is 0.403. The zero-order valence-electron chi connectivity index (χ0n) is 18.0. The number of carbonyl (C=O) groups excluding carboxylic acids is 1. The smallest absolute Gasteiger partial charge is 0.255 e. The number of nitrogens with one attached hydrogen (secondary N) is 2.